The molecule has 0 spiro atoms. The van der Waals surface area contributed by atoms with Gasteiger partial charge in [0.25, 0.3) is 0 Å². The van der Waals surface area contributed by atoms with Crippen molar-refractivity contribution in [3.8, 4) is 12.3 Å². The van der Waals surface area contributed by atoms with E-state index in [1.165, 1.54) is 11.8 Å². The predicted molar refractivity (Wildman–Crippen MR) is 79.6 cm³/mol. The Hall–Kier alpha value is -1.31. The normalized spacial score (nSPS) is 10.5. The second-order valence-corrected chi connectivity index (χ2v) is 6.35. The van der Waals surface area contributed by atoms with Crippen LogP contribution < -0.4 is 0 Å². The van der Waals surface area contributed by atoms with E-state index in [2.05, 4.69) is 5.92 Å². The molecule has 1 aromatic carbocycles. The maximum Gasteiger partial charge on any atom is 0.322 e. The van der Waals surface area contributed by atoms with Gasteiger partial charge in [0.15, 0.2) is 6.61 Å². The Kier molecular flexibility index (Phi) is 5.39. The Bertz CT molecular complexity index is 472. The summed E-state index contributed by atoms with van der Waals surface area (Å²) in [6.07, 6.45) is 5.05. The van der Waals surface area contributed by atoms with Crippen LogP contribution in [0.15, 0.2) is 30.3 Å². The highest BCUT2D eigenvalue weighted by Crippen LogP contribution is 2.30. The summed E-state index contributed by atoms with van der Waals surface area (Å²) in [5, 5.41) is 0. The molecule has 1 rings (SSSR count). The highest BCUT2D eigenvalue weighted by Gasteiger charge is 2.31. The topological polar surface area (TPSA) is 26.3 Å². The number of terminal acetylenes is 1. The quantitative estimate of drug-likeness (QED) is 0.480. The smallest absolute Gasteiger partial charge is 0.322 e. The zero-order valence-electron chi connectivity index (χ0n) is 10.3. The molecule has 0 amide bonds. The second kappa shape index (κ2) is 6.58. The molecule has 1 aromatic rings. The molecule has 0 aromatic heterocycles. The number of rotatable bonds is 4. The molecule has 2 nitrogen and oxygen atoms in total. The zero-order chi connectivity index (χ0) is 13.6. The number of carbonyl (C=O) groups is 1. The Balaban J connectivity index is 2.69. The fourth-order valence-corrected chi connectivity index (χ4v) is 2.81. The van der Waals surface area contributed by atoms with Gasteiger partial charge in [-0.1, -0.05) is 60.2 Å². The molecule has 0 aliphatic heterocycles. The van der Waals surface area contributed by atoms with Crippen LogP contribution in [0.2, 0.25) is 0 Å². The number of ether oxygens (including phenoxy) is 1. The number of hydrogen-bond acceptors (Lipinski definition) is 4. The van der Waals surface area contributed by atoms with Crippen molar-refractivity contribution in [2.75, 3.05) is 6.61 Å². The molecule has 18 heavy (non-hydrogen) atoms. The van der Waals surface area contributed by atoms with E-state index in [1.807, 2.05) is 30.3 Å². The molecular formula is C14H14O2S2. The maximum absolute atomic E-state index is 11.8. The first-order chi connectivity index (χ1) is 8.47. The lowest BCUT2D eigenvalue weighted by atomic mass is 10.2. The van der Waals surface area contributed by atoms with E-state index in [0.29, 0.717) is 4.20 Å². The first-order valence-electron chi connectivity index (χ1n) is 5.36. The van der Waals surface area contributed by atoms with E-state index in [0.717, 1.165) is 5.56 Å². The van der Waals surface area contributed by atoms with E-state index in [4.69, 9.17) is 23.4 Å². The Morgan fingerprint density at radius 3 is 2.61 bits per heavy atom. The highest BCUT2D eigenvalue weighted by atomic mass is 32.2. The molecule has 0 fully saturated rings. The van der Waals surface area contributed by atoms with Crippen molar-refractivity contribution < 1.29 is 9.53 Å². The molecule has 0 radical (unpaired) electrons. The molecule has 4 heteroatoms. The van der Waals surface area contributed by atoms with Crippen LogP contribution in [0.25, 0.3) is 0 Å². The fourth-order valence-electron chi connectivity index (χ4n) is 1.19. The van der Waals surface area contributed by atoms with Gasteiger partial charge >= 0.3 is 5.97 Å². The molecular weight excluding hydrogens is 264 g/mol. The van der Waals surface area contributed by atoms with Gasteiger partial charge in [-0.25, -0.2) is 0 Å². The Labute approximate surface area is 117 Å². The minimum absolute atomic E-state index is 0.0130. The van der Waals surface area contributed by atoms with Gasteiger partial charge in [0.2, 0.25) is 0 Å². The van der Waals surface area contributed by atoms with Crippen molar-refractivity contribution in [1.29, 1.82) is 0 Å². The monoisotopic (exact) mass is 278 g/mol. The van der Waals surface area contributed by atoms with Crippen LogP contribution in [0.3, 0.4) is 0 Å². The molecule has 0 bridgehead atoms. The largest absolute Gasteiger partial charge is 0.451 e. The van der Waals surface area contributed by atoms with Gasteiger partial charge in [-0.2, -0.15) is 0 Å². The van der Waals surface area contributed by atoms with Gasteiger partial charge in [0, 0.05) is 0 Å². The number of carbonyl (C=O) groups excluding carboxylic acids is 1. The molecule has 0 saturated heterocycles. The lowest BCUT2D eigenvalue weighted by Gasteiger charge is -2.21. The summed E-state index contributed by atoms with van der Waals surface area (Å²) in [4.78, 5) is 11.8. The first kappa shape index (κ1) is 14.7. The molecule has 0 aliphatic carbocycles. The van der Waals surface area contributed by atoms with E-state index in [9.17, 15) is 4.79 Å². The minimum atomic E-state index is -0.746. The molecule has 0 N–H and O–H groups in total. The van der Waals surface area contributed by atoms with Gasteiger partial charge in [-0.15, -0.1) is 6.42 Å². The van der Waals surface area contributed by atoms with Crippen LogP contribution in [-0.4, -0.2) is 21.5 Å². The standard InChI is InChI=1S/C14H14O2S2/c1-4-10-16-13(15)14(2,3)18-12(17)11-8-6-5-7-9-11/h1,5-9H,10H2,2-3H3. The minimum Gasteiger partial charge on any atom is -0.451 e. The third kappa shape index (κ3) is 4.17. The average Bonchev–Trinajstić information content (AvgIpc) is 2.36. The second-order valence-electron chi connectivity index (χ2n) is 4.05. The van der Waals surface area contributed by atoms with Gasteiger partial charge in [-0.05, 0) is 19.4 Å². The SMILES string of the molecule is C#CCOC(=O)C(C)(C)SC(=S)c1ccccc1. The van der Waals surface area contributed by atoms with Crippen LogP contribution in [0.5, 0.6) is 0 Å². The summed E-state index contributed by atoms with van der Waals surface area (Å²) >= 11 is 6.62. The maximum atomic E-state index is 11.8. The summed E-state index contributed by atoms with van der Waals surface area (Å²) in [5.41, 5.74) is 0.926. The number of esters is 1. The molecule has 0 heterocycles. The molecule has 0 aliphatic rings. The van der Waals surface area contributed by atoms with Crippen molar-refractivity contribution in [1.82, 2.24) is 0 Å². The van der Waals surface area contributed by atoms with Gasteiger partial charge in [0.05, 0.1) is 4.20 Å². The van der Waals surface area contributed by atoms with Crippen molar-refractivity contribution in [2.45, 2.75) is 18.6 Å². The van der Waals surface area contributed by atoms with E-state index < -0.39 is 4.75 Å². The van der Waals surface area contributed by atoms with Crippen LogP contribution in [0.4, 0.5) is 0 Å². The van der Waals surface area contributed by atoms with Crippen LogP contribution in [0, 0.1) is 12.3 Å². The van der Waals surface area contributed by atoms with Crippen LogP contribution in [-0.2, 0) is 9.53 Å². The Morgan fingerprint density at radius 1 is 1.44 bits per heavy atom. The summed E-state index contributed by atoms with van der Waals surface area (Å²) in [6.45, 7) is 3.53. The van der Waals surface area contributed by atoms with Crippen molar-refractivity contribution >= 4 is 34.1 Å². The third-order valence-corrected chi connectivity index (χ3v) is 3.72. The van der Waals surface area contributed by atoms with Gasteiger partial charge in [-0.3, -0.25) is 4.79 Å². The number of thioether (sulfide) groups is 1. The van der Waals surface area contributed by atoms with E-state index >= 15 is 0 Å². The first-order valence-corrected chi connectivity index (χ1v) is 6.59. The zero-order valence-corrected chi connectivity index (χ0v) is 11.9. The van der Waals surface area contributed by atoms with Crippen molar-refractivity contribution in [2.24, 2.45) is 0 Å². The summed E-state index contributed by atoms with van der Waals surface area (Å²) < 4.78 is 4.86. The number of hydrogen-bond donors (Lipinski definition) is 0. The van der Waals surface area contributed by atoms with Gasteiger partial charge in [0.1, 0.15) is 4.75 Å². The molecule has 0 saturated carbocycles. The lowest BCUT2D eigenvalue weighted by molar-refractivity contribution is -0.144. The van der Waals surface area contributed by atoms with Crippen molar-refractivity contribution in [3.05, 3.63) is 35.9 Å². The van der Waals surface area contributed by atoms with Crippen molar-refractivity contribution in [3.63, 3.8) is 0 Å². The van der Waals surface area contributed by atoms with Gasteiger partial charge < -0.3 is 4.74 Å². The average molecular weight is 278 g/mol. The van der Waals surface area contributed by atoms with E-state index in [1.54, 1.807) is 13.8 Å². The fraction of sp³-hybridized carbons (Fsp3) is 0.286. The number of benzene rings is 1. The molecule has 0 atom stereocenters. The van der Waals surface area contributed by atoms with Crippen LogP contribution >= 0.6 is 24.0 Å². The highest BCUT2D eigenvalue weighted by molar-refractivity contribution is 8.24. The van der Waals surface area contributed by atoms with Crippen LogP contribution in [0.1, 0.15) is 19.4 Å². The number of thiocarbonyl (C=S) groups is 1. The summed E-state index contributed by atoms with van der Waals surface area (Å²) in [7, 11) is 0. The summed E-state index contributed by atoms with van der Waals surface area (Å²) in [6, 6.07) is 9.57. The lowest BCUT2D eigenvalue weighted by Crippen LogP contribution is -2.31. The molecule has 94 valence electrons. The van der Waals surface area contributed by atoms with E-state index in [-0.39, 0.29) is 12.6 Å². The summed E-state index contributed by atoms with van der Waals surface area (Å²) in [5.74, 6) is 1.91. The Morgan fingerprint density at radius 2 is 2.06 bits per heavy atom. The predicted octanol–water partition coefficient (Wildman–Crippen LogP) is 3.05. The molecule has 0 unspecified atom stereocenters. The third-order valence-electron chi connectivity index (χ3n) is 2.14.